The molecule has 17 heteroatoms. The van der Waals surface area contributed by atoms with Crippen LogP contribution in [0, 0.1) is 5.82 Å². The number of hydrogen-bond acceptors (Lipinski definition) is 8. The van der Waals surface area contributed by atoms with Crippen molar-refractivity contribution in [3.05, 3.63) is 71.2 Å². The molecular weight excluding hydrogens is 567 g/mol. The summed E-state index contributed by atoms with van der Waals surface area (Å²) in [5, 5.41) is 12.4. The van der Waals surface area contributed by atoms with Crippen LogP contribution in [0.1, 0.15) is 41.1 Å². The smallest absolute Gasteiger partial charge is 0.355 e. The summed E-state index contributed by atoms with van der Waals surface area (Å²) < 4.78 is 101. The Bertz CT molecular complexity index is 1630. The van der Waals surface area contributed by atoms with Crippen molar-refractivity contribution in [2.24, 2.45) is 5.73 Å². The number of aromatic amines is 1. The number of rotatable bonds is 11. The third kappa shape index (κ3) is 6.14. The van der Waals surface area contributed by atoms with Gasteiger partial charge in [0, 0.05) is 11.6 Å². The summed E-state index contributed by atoms with van der Waals surface area (Å²) in [5.74, 6) is -6.66. The van der Waals surface area contributed by atoms with Gasteiger partial charge in [-0.25, -0.2) is 21.6 Å². The first-order valence-corrected chi connectivity index (χ1v) is 12.7. The molecule has 0 radical (unpaired) electrons. The Balaban J connectivity index is 1.74. The Morgan fingerprint density at radius 2 is 1.80 bits per heavy atom. The maximum absolute atomic E-state index is 13.3. The fourth-order valence-corrected chi connectivity index (χ4v) is 4.07. The molecular formula is C23H19F5N6O5S. The molecule has 4 rings (SSSR count). The number of sulfonamides is 1. The summed E-state index contributed by atoms with van der Waals surface area (Å²) in [4.78, 5) is 12.3. The lowest BCUT2D eigenvalue weighted by molar-refractivity contribution is 0.100. The molecule has 5 N–H and O–H groups in total. The highest BCUT2D eigenvalue weighted by molar-refractivity contribution is 7.93. The van der Waals surface area contributed by atoms with Crippen LogP contribution in [0.25, 0.3) is 11.3 Å². The van der Waals surface area contributed by atoms with Crippen molar-refractivity contribution in [1.82, 2.24) is 15.4 Å². The summed E-state index contributed by atoms with van der Waals surface area (Å²) in [6.45, 7) is 1.55. The van der Waals surface area contributed by atoms with Gasteiger partial charge in [0.15, 0.2) is 11.6 Å². The average Bonchev–Trinajstić information content (AvgIpc) is 3.53. The predicted octanol–water partition coefficient (Wildman–Crippen LogP) is 5.09. The molecule has 2 aromatic carbocycles. The van der Waals surface area contributed by atoms with E-state index in [-0.39, 0.29) is 39.9 Å². The molecule has 11 nitrogen and oxygen atoms in total. The summed E-state index contributed by atoms with van der Waals surface area (Å²) in [6.07, 6.45) is -3.76. The van der Waals surface area contributed by atoms with E-state index in [2.05, 4.69) is 25.2 Å². The number of ether oxygens (including phenoxy) is 1. The van der Waals surface area contributed by atoms with Crippen molar-refractivity contribution in [2.75, 3.05) is 10.0 Å². The van der Waals surface area contributed by atoms with Crippen molar-refractivity contribution < 1.29 is 44.4 Å². The lowest BCUT2D eigenvalue weighted by Gasteiger charge is -2.19. The highest BCUT2D eigenvalue weighted by atomic mass is 32.2. The standard InChI is InChI=1S/C23H19F5N6O5S/c1-10(11-2-5-13(24)6-3-11)38-15-8-12(4-7-14(15)34-40(36,37)23(27)28)19-18(21(29)35)22(32-31-19)30-17-9-16(20(25)26)39-33-17/h2-10,20,23,34H,1H3,(H2,29,35)(H2,30,31,32,33). The molecule has 0 spiro atoms. The molecule has 2 heterocycles. The van der Waals surface area contributed by atoms with E-state index in [4.69, 9.17) is 10.5 Å². The molecule has 0 aliphatic rings. The number of H-pyrrole nitrogens is 1. The van der Waals surface area contributed by atoms with Crippen LogP contribution >= 0.6 is 0 Å². The number of nitrogens with two attached hydrogens (primary N) is 1. The predicted molar refractivity (Wildman–Crippen MR) is 131 cm³/mol. The van der Waals surface area contributed by atoms with Crippen molar-refractivity contribution >= 4 is 33.3 Å². The minimum atomic E-state index is -5.10. The van der Waals surface area contributed by atoms with Gasteiger partial charge in [0.1, 0.15) is 23.2 Å². The van der Waals surface area contributed by atoms with E-state index < -0.39 is 45.8 Å². The molecule has 4 aromatic rings. The zero-order chi connectivity index (χ0) is 29.2. The zero-order valence-corrected chi connectivity index (χ0v) is 21.0. The molecule has 212 valence electrons. The van der Waals surface area contributed by atoms with Gasteiger partial charge < -0.3 is 20.3 Å². The number of aromatic nitrogens is 3. The van der Waals surface area contributed by atoms with Gasteiger partial charge in [0.05, 0.1) is 11.4 Å². The normalized spacial score (nSPS) is 12.5. The largest absolute Gasteiger partial charge is 0.484 e. The van der Waals surface area contributed by atoms with Gasteiger partial charge in [0.25, 0.3) is 22.4 Å². The van der Waals surface area contributed by atoms with Crippen LogP contribution in [0.5, 0.6) is 5.75 Å². The molecule has 40 heavy (non-hydrogen) atoms. The van der Waals surface area contributed by atoms with Crippen LogP contribution in [0.4, 0.5) is 39.3 Å². The number of halogens is 5. The van der Waals surface area contributed by atoms with Crippen LogP contribution in [0.15, 0.2) is 53.1 Å². The SMILES string of the molecule is CC(Oc1cc(-c2[nH]nc(Nc3cc(C(F)F)on3)c2C(N)=O)ccc1NS(=O)(=O)C(F)F)c1ccc(F)cc1. The van der Waals surface area contributed by atoms with Crippen LogP contribution in [-0.2, 0) is 10.0 Å². The first-order chi connectivity index (χ1) is 18.9. The van der Waals surface area contributed by atoms with Gasteiger partial charge in [-0.3, -0.25) is 14.6 Å². The number of anilines is 3. The second-order valence-corrected chi connectivity index (χ2v) is 9.81. The number of carbonyl (C=O) groups excluding carboxylic acids is 1. The number of nitrogens with zero attached hydrogens (tertiary/aromatic N) is 2. The molecule has 2 aromatic heterocycles. The Morgan fingerprint density at radius 1 is 1.10 bits per heavy atom. The number of benzene rings is 2. The lowest BCUT2D eigenvalue weighted by Crippen LogP contribution is -2.21. The van der Waals surface area contributed by atoms with Crippen molar-refractivity contribution in [3.8, 4) is 17.0 Å². The Kier molecular flexibility index (Phi) is 7.94. The summed E-state index contributed by atoms with van der Waals surface area (Å²) in [5.41, 5.74) is 5.50. The van der Waals surface area contributed by atoms with Crippen molar-refractivity contribution in [2.45, 2.75) is 25.2 Å². The molecule has 0 saturated heterocycles. The second kappa shape index (κ2) is 11.2. The monoisotopic (exact) mass is 586 g/mol. The van der Waals surface area contributed by atoms with E-state index in [0.29, 0.717) is 5.56 Å². The van der Waals surface area contributed by atoms with E-state index in [0.717, 1.165) is 12.1 Å². The highest BCUT2D eigenvalue weighted by Crippen LogP contribution is 2.37. The van der Waals surface area contributed by atoms with Gasteiger partial charge in [-0.2, -0.15) is 13.9 Å². The van der Waals surface area contributed by atoms with E-state index in [1.165, 1.54) is 36.4 Å². The number of primary amides is 1. The van der Waals surface area contributed by atoms with Crippen LogP contribution < -0.4 is 20.5 Å². The second-order valence-electron chi connectivity index (χ2n) is 8.16. The quantitative estimate of drug-likeness (QED) is 0.177. The number of nitrogens with one attached hydrogen (secondary N) is 3. The molecule has 0 saturated carbocycles. The van der Waals surface area contributed by atoms with Gasteiger partial charge in [-0.05, 0) is 36.8 Å². The van der Waals surface area contributed by atoms with Crippen LogP contribution in [-0.4, -0.2) is 35.4 Å². The van der Waals surface area contributed by atoms with Crippen LogP contribution in [0.2, 0.25) is 0 Å². The van der Waals surface area contributed by atoms with E-state index in [1.54, 1.807) is 11.6 Å². The molecule has 1 amide bonds. The topological polar surface area (TPSA) is 165 Å². The molecule has 0 bridgehead atoms. The third-order valence-electron chi connectivity index (χ3n) is 5.40. The van der Waals surface area contributed by atoms with Crippen molar-refractivity contribution in [1.29, 1.82) is 0 Å². The third-order valence-corrected chi connectivity index (χ3v) is 6.38. The summed E-state index contributed by atoms with van der Waals surface area (Å²) >= 11 is 0. The summed E-state index contributed by atoms with van der Waals surface area (Å²) in [6, 6.07) is 9.63. The minimum Gasteiger partial charge on any atom is -0.484 e. The number of carbonyl (C=O) groups is 1. The maximum atomic E-state index is 13.3. The lowest BCUT2D eigenvalue weighted by atomic mass is 10.1. The highest BCUT2D eigenvalue weighted by Gasteiger charge is 2.27. The van der Waals surface area contributed by atoms with Crippen LogP contribution in [0.3, 0.4) is 0 Å². The van der Waals surface area contributed by atoms with Crippen molar-refractivity contribution in [3.63, 3.8) is 0 Å². The van der Waals surface area contributed by atoms with E-state index in [1.807, 2.05) is 0 Å². The maximum Gasteiger partial charge on any atom is 0.355 e. The Morgan fingerprint density at radius 3 is 2.40 bits per heavy atom. The minimum absolute atomic E-state index is 0.0184. The van der Waals surface area contributed by atoms with Gasteiger partial charge >= 0.3 is 5.76 Å². The zero-order valence-electron chi connectivity index (χ0n) is 20.2. The number of amides is 1. The van der Waals surface area contributed by atoms with Gasteiger partial charge in [-0.1, -0.05) is 23.4 Å². The first-order valence-electron chi connectivity index (χ1n) is 11.1. The number of hydrogen-bond donors (Lipinski definition) is 4. The van der Waals surface area contributed by atoms with Gasteiger partial charge in [-0.15, -0.1) is 0 Å². The molecule has 0 fully saturated rings. The summed E-state index contributed by atoms with van der Waals surface area (Å²) in [7, 11) is -5.10. The van der Waals surface area contributed by atoms with E-state index in [9.17, 15) is 35.2 Å². The fourth-order valence-electron chi connectivity index (χ4n) is 3.50. The molecule has 1 atom stereocenters. The van der Waals surface area contributed by atoms with Gasteiger partial charge in [0.2, 0.25) is 5.76 Å². The van der Waals surface area contributed by atoms with E-state index >= 15 is 0 Å². The fraction of sp³-hybridized carbons (Fsp3) is 0.174. The first kappa shape index (κ1) is 28.3. The number of alkyl halides is 4. The molecule has 0 aliphatic heterocycles. The Hall–Kier alpha value is -4.67. The Labute approximate surface area is 222 Å². The average molecular weight is 586 g/mol. The molecule has 1 unspecified atom stereocenters. The molecule has 0 aliphatic carbocycles.